The smallest absolute Gasteiger partial charge is 0.273 e. The van der Waals surface area contributed by atoms with Gasteiger partial charge in [0.1, 0.15) is 11.5 Å². The zero-order chi connectivity index (χ0) is 20.0. The number of benzene rings is 2. The molecular formula is C18H19N3O5S. The van der Waals surface area contributed by atoms with Crippen molar-refractivity contribution in [1.82, 2.24) is 5.32 Å². The molecule has 0 aliphatic carbocycles. The van der Waals surface area contributed by atoms with Gasteiger partial charge in [0.2, 0.25) is 0 Å². The lowest BCUT2D eigenvalue weighted by Gasteiger charge is -2.13. The van der Waals surface area contributed by atoms with Gasteiger partial charge in [0.25, 0.3) is 11.6 Å². The highest BCUT2D eigenvalue weighted by Gasteiger charge is 2.13. The van der Waals surface area contributed by atoms with E-state index in [1.807, 2.05) is 32.0 Å². The van der Waals surface area contributed by atoms with Crippen LogP contribution in [-0.2, 0) is 4.79 Å². The van der Waals surface area contributed by atoms with Crippen molar-refractivity contribution in [3.8, 4) is 11.5 Å². The highest BCUT2D eigenvalue weighted by molar-refractivity contribution is 7.80. The number of non-ortho nitro benzene ring substituents is 1. The van der Waals surface area contributed by atoms with Crippen LogP contribution >= 0.6 is 12.2 Å². The van der Waals surface area contributed by atoms with Crippen molar-refractivity contribution >= 4 is 34.6 Å². The number of hydrogen-bond donors (Lipinski definition) is 2. The Labute approximate surface area is 161 Å². The zero-order valence-electron chi connectivity index (χ0n) is 15.1. The van der Waals surface area contributed by atoms with Crippen molar-refractivity contribution in [1.29, 1.82) is 0 Å². The lowest BCUT2D eigenvalue weighted by atomic mass is 10.1. The van der Waals surface area contributed by atoms with Crippen LogP contribution in [0, 0.1) is 24.0 Å². The Kier molecular flexibility index (Phi) is 6.67. The quantitative estimate of drug-likeness (QED) is 0.444. The molecule has 0 aliphatic heterocycles. The van der Waals surface area contributed by atoms with Crippen LogP contribution in [-0.4, -0.2) is 29.7 Å². The molecule has 2 aromatic rings. The molecule has 0 heterocycles. The van der Waals surface area contributed by atoms with Gasteiger partial charge in [0.05, 0.1) is 23.8 Å². The Bertz CT molecular complexity index is 885. The molecule has 0 atom stereocenters. The summed E-state index contributed by atoms with van der Waals surface area (Å²) in [6, 6.07) is 9.73. The minimum atomic E-state index is -0.531. The van der Waals surface area contributed by atoms with Crippen LogP contribution in [0.25, 0.3) is 0 Å². The lowest BCUT2D eigenvalue weighted by molar-refractivity contribution is -0.384. The van der Waals surface area contributed by atoms with E-state index >= 15 is 0 Å². The summed E-state index contributed by atoms with van der Waals surface area (Å²) < 4.78 is 10.6. The Morgan fingerprint density at radius 2 is 1.93 bits per heavy atom. The van der Waals surface area contributed by atoms with Crippen LogP contribution in [0.3, 0.4) is 0 Å². The molecule has 27 heavy (non-hydrogen) atoms. The number of nitro groups is 1. The van der Waals surface area contributed by atoms with E-state index in [-0.39, 0.29) is 23.2 Å². The van der Waals surface area contributed by atoms with Crippen molar-refractivity contribution in [3.63, 3.8) is 0 Å². The lowest BCUT2D eigenvalue weighted by Crippen LogP contribution is -2.37. The molecule has 2 aromatic carbocycles. The summed E-state index contributed by atoms with van der Waals surface area (Å²) in [5.74, 6) is 0.419. The number of rotatable bonds is 6. The topological polar surface area (TPSA) is 103 Å². The fourth-order valence-electron chi connectivity index (χ4n) is 2.22. The number of nitro benzene ring substituents is 1. The molecule has 0 saturated carbocycles. The fraction of sp³-hybridized carbons (Fsp3) is 0.222. The highest BCUT2D eigenvalue weighted by atomic mass is 32.1. The molecule has 0 saturated heterocycles. The zero-order valence-corrected chi connectivity index (χ0v) is 15.9. The summed E-state index contributed by atoms with van der Waals surface area (Å²) in [4.78, 5) is 22.3. The number of aryl methyl sites for hydroxylation is 2. The molecule has 1 amide bonds. The van der Waals surface area contributed by atoms with Gasteiger partial charge in [-0.3, -0.25) is 20.2 Å². The van der Waals surface area contributed by atoms with Gasteiger partial charge in [-0.05, 0) is 49.3 Å². The third-order valence-corrected chi connectivity index (χ3v) is 3.80. The van der Waals surface area contributed by atoms with Crippen molar-refractivity contribution in [3.05, 3.63) is 57.6 Å². The molecule has 0 bridgehead atoms. The van der Waals surface area contributed by atoms with Crippen molar-refractivity contribution in [2.75, 3.05) is 19.0 Å². The first-order valence-corrected chi connectivity index (χ1v) is 8.34. The molecule has 0 radical (unpaired) electrons. The molecule has 2 rings (SSSR count). The van der Waals surface area contributed by atoms with E-state index in [2.05, 4.69) is 10.6 Å². The van der Waals surface area contributed by atoms with Crippen LogP contribution in [0.5, 0.6) is 11.5 Å². The fourth-order valence-corrected chi connectivity index (χ4v) is 2.44. The van der Waals surface area contributed by atoms with Gasteiger partial charge < -0.3 is 14.8 Å². The second-order valence-corrected chi connectivity index (χ2v) is 6.11. The van der Waals surface area contributed by atoms with Crippen LogP contribution < -0.4 is 20.1 Å². The number of carbonyl (C=O) groups is 1. The van der Waals surface area contributed by atoms with Crippen molar-refractivity contribution in [2.24, 2.45) is 0 Å². The summed E-state index contributed by atoms with van der Waals surface area (Å²) >= 11 is 5.09. The second-order valence-electron chi connectivity index (χ2n) is 5.70. The number of hydrogen-bond acceptors (Lipinski definition) is 6. The van der Waals surface area contributed by atoms with E-state index in [0.717, 1.165) is 11.1 Å². The van der Waals surface area contributed by atoms with Gasteiger partial charge in [-0.2, -0.15) is 0 Å². The molecule has 2 N–H and O–H groups in total. The first-order valence-electron chi connectivity index (χ1n) is 7.93. The number of nitrogens with zero attached hydrogens (tertiary/aromatic N) is 1. The van der Waals surface area contributed by atoms with Crippen molar-refractivity contribution < 1.29 is 19.2 Å². The number of ether oxygens (including phenoxy) is 2. The van der Waals surface area contributed by atoms with Crippen molar-refractivity contribution in [2.45, 2.75) is 13.8 Å². The summed E-state index contributed by atoms with van der Waals surface area (Å²) in [5.41, 5.74) is 2.22. The Morgan fingerprint density at radius 3 is 2.59 bits per heavy atom. The number of nitrogens with one attached hydrogen (secondary N) is 2. The first-order chi connectivity index (χ1) is 12.8. The number of anilines is 1. The predicted molar refractivity (Wildman–Crippen MR) is 105 cm³/mol. The minimum Gasteiger partial charge on any atom is -0.494 e. The maximum Gasteiger partial charge on any atom is 0.273 e. The SMILES string of the molecule is COc1cc([N+](=O)[O-])ccc1NC(=S)NC(=O)COc1cc(C)ccc1C. The molecule has 0 fully saturated rings. The minimum absolute atomic E-state index is 0.0247. The number of methoxy groups -OCH3 is 1. The molecule has 9 heteroatoms. The summed E-state index contributed by atoms with van der Waals surface area (Å²) in [5, 5.41) is 16.1. The van der Waals surface area contributed by atoms with E-state index in [9.17, 15) is 14.9 Å². The summed E-state index contributed by atoms with van der Waals surface area (Å²) in [7, 11) is 1.38. The van der Waals surface area contributed by atoms with Gasteiger partial charge in [-0.1, -0.05) is 12.1 Å². The average Bonchev–Trinajstić information content (AvgIpc) is 2.62. The van der Waals surface area contributed by atoms with Gasteiger partial charge >= 0.3 is 0 Å². The van der Waals surface area contributed by atoms with E-state index in [1.54, 1.807) is 0 Å². The van der Waals surface area contributed by atoms with E-state index in [4.69, 9.17) is 21.7 Å². The van der Waals surface area contributed by atoms with E-state index < -0.39 is 10.8 Å². The third-order valence-electron chi connectivity index (χ3n) is 3.60. The highest BCUT2D eigenvalue weighted by Crippen LogP contribution is 2.28. The normalized spacial score (nSPS) is 10.0. The van der Waals surface area contributed by atoms with Crippen LogP contribution in [0.1, 0.15) is 11.1 Å². The second kappa shape index (κ2) is 8.95. The van der Waals surface area contributed by atoms with E-state index in [0.29, 0.717) is 11.4 Å². The molecule has 0 unspecified atom stereocenters. The van der Waals surface area contributed by atoms with Crippen LogP contribution in [0.2, 0.25) is 0 Å². The Balaban J connectivity index is 1.94. The van der Waals surface area contributed by atoms with Gasteiger partial charge in [0, 0.05) is 6.07 Å². The molecule has 0 aromatic heterocycles. The Hall–Kier alpha value is -3.20. The maximum absolute atomic E-state index is 12.0. The van der Waals surface area contributed by atoms with Gasteiger partial charge in [-0.25, -0.2) is 0 Å². The molecule has 0 aliphatic rings. The molecule has 142 valence electrons. The number of amides is 1. The molecular weight excluding hydrogens is 370 g/mol. The van der Waals surface area contributed by atoms with Crippen LogP contribution in [0.15, 0.2) is 36.4 Å². The number of thiocarbonyl (C=S) groups is 1. The van der Waals surface area contributed by atoms with E-state index in [1.165, 1.54) is 25.3 Å². The largest absolute Gasteiger partial charge is 0.494 e. The summed E-state index contributed by atoms with van der Waals surface area (Å²) in [6.45, 7) is 3.62. The Morgan fingerprint density at radius 1 is 1.19 bits per heavy atom. The summed E-state index contributed by atoms with van der Waals surface area (Å²) in [6.07, 6.45) is 0. The monoisotopic (exact) mass is 389 g/mol. The van der Waals surface area contributed by atoms with Crippen LogP contribution in [0.4, 0.5) is 11.4 Å². The molecule has 8 nitrogen and oxygen atoms in total. The predicted octanol–water partition coefficient (Wildman–Crippen LogP) is 3.11. The maximum atomic E-state index is 12.0. The molecule has 0 spiro atoms. The van der Waals surface area contributed by atoms with Gasteiger partial charge in [0.15, 0.2) is 11.7 Å². The average molecular weight is 389 g/mol. The van der Waals surface area contributed by atoms with Gasteiger partial charge in [-0.15, -0.1) is 0 Å². The first kappa shape index (κ1) is 20.1. The standard InChI is InChI=1S/C18H19N3O5S/c1-11-4-5-12(2)15(8-11)26-10-17(22)20-18(27)19-14-7-6-13(21(23)24)9-16(14)25-3/h4-9H,10H2,1-3H3,(H2,19,20,22,27). The number of carbonyl (C=O) groups excluding carboxylic acids is 1. The third kappa shape index (κ3) is 5.65.